The molecule has 20 heteroatoms. The summed E-state index contributed by atoms with van der Waals surface area (Å²) in [5, 5.41) is 2.78. The zero-order valence-electron chi connectivity index (χ0n) is 26.3. The normalized spacial score (nSPS) is 29.9. The van der Waals surface area contributed by atoms with Crippen LogP contribution in [0.1, 0.15) is 30.5 Å². The van der Waals surface area contributed by atoms with E-state index in [-0.39, 0.29) is 0 Å². The van der Waals surface area contributed by atoms with Gasteiger partial charge in [0.1, 0.15) is 24.1 Å². The fourth-order valence-corrected chi connectivity index (χ4v) is 9.32. The van der Waals surface area contributed by atoms with Crippen molar-refractivity contribution in [2.45, 2.75) is 70.4 Å². The lowest BCUT2D eigenvalue weighted by molar-refractivity contribution is -0.153. The average Bonchev–Trinajstić information content (AvgIpc) is 3.68. The van der Waals surface area contributed by atoms with Gasteiger partial charge >= 0.3 is 29.5 Å². The van der Waals surface area contributed by atoms with Crippen molar-refractivity contribution >= 4 is 35.3 Å². The second-order valence-corrected chi connectivity index (χ2v) is 16.4. The van der Waals surface area contributed by atoms with Crippen molar-refractivity contribution in [1.29, 1.82) is 0 Å². The molecule has 49 heavy (non-hydrogen) atoms. The summed E-state index contributed by atoms with van der Waals surface area (Å²) in [5.74, 6) is 0.555. The molecule has 2 aromatic rings. The number of nitrogens with one attached hydrogen (secondary N) is 1. The van der Waals surface area contributed by atoms with E-state index >= 15 is 0 Å². The molecule has 9 atom stereocenters. The number of ether oxygens (including phenoxy) is 4. The van der Waals surface area contributed by atoms with E-state index in [1.54, 1.807) is 12.3 Å². The number of nitrogens with zero attached hydrogens (tertiary/aromatic N) is 1. The quantitative estimate of drug-likeness (QED) is 0.208. The van der Waals surface area contributed by atoms with Crippen LogP contribution >= 0.6 is 23.5 Å². The highest BCUT2D eigenvalue weighted by Gasteiger charge is 2.56. The van der Waals surface area contributed by atoms with Crippen LogP contribution in [0.3, 0.4) is 0 Å². The Morgan fingerprint density at radius 3 is 2.35 bits per heavy atom. The Labute approximate surface area is 281 Å². The van der Waals surface area contributed by atoms with Crippen molar-refractivity contribution < 1.29 is 69.8 Å². The number of benzene rings is 2. The van der Waals surface area contributed by atoms with Crippen LogP contribution in [0, 0.1) is 6.92 Å². The second-order valence-electron chi connectivity index (χ2n) is 11.8. The first-order valence-corrected chi connectivity index (χ1v) is 19.6. The highest BCUT2D eigenvalue weighted by molar-refractivity contribution is 7.66. The first-order valence-electron chi connectivity index (χ1n) is 15.1. The predicted molar refractivity (Wildman–Crippen MR) is 169 cm³/mol. The SMILES string of the molecule is Cc1cccc(C2=CC3=CN([C@@H]4O[C@H](COP(=O)(O)OP(=O)(O)OP(=O)(O)OC(C)C)C5OC(Cc6ccccc6)O[C@@H]54)C(=O)NC3O2)c1. The fraction of sp³-hybridized carbons (Fsp3) is 0.414. The van der Waals surface area contributed by atoms with Gasteiger partial charge in [0.05, 0.1) is 12.7 Å². The lowest BCUT2D eigenvalue weighted by Gasteiger charge is -2.33. The number of rotatable bonds is 13. The van der Waals surface area contributed by atoms with Gasteiger partial charge in [-0.1, -0.05) is 54.1 Å². The summed E-state index contributed by atoms with van der Waals surface area (Å²) < 4.78 is 79.1. The van der Waals surface area contributed by atoms with E-state index in [0.717, 1.165) is 16.7 Å². The number of fused-ring (bicyclic) bond motifs is 2. The molecular weight excluding hydrogens is 709 g/mol. The summed E-state index contributed by atoms with van der Waals surface area (Å²) in [6, 6.07) is 16.4. The number of phosphoric ester groups is 2. The van der Waals surface area contributed by atoms with Crippen LogP contribution in [0.5, 0.6) is 0 Å². The Morgan fingerprint density at radius 2 is 1.63 bits per heavy atom. The fourth-order valence-electron chi connectivity index (χ4n) is 5.63. The smallest absolute Gasteiger partial charge is 0.466 e. The molecule has 0 aromatic heterocycles. The largest absolute Gasteiger partial charge is 0.490 e. The lowest BCUT2D eigenvalue weighted by atomic mass is 10.1. The molecule has 17 nitrogen and oxygen atoms in total. The third kappa shape index (κ3) is 8.78. The monoisotopic (exact) mass is 744 g/mol. The number of hydrogen-bond acceptors (Lipinski definition) is 12. The van der Waals surface area contributed by atoms with Gasteiger partial charge < -0.3 is 33.6 Å². The van der Waals surface area contributed by atoms with Crippen LogP contribution in [-0.2, 0) is 56.7 Å². The standard InChI is InChI=1S/C29H35N2O15P3/c1-17(2)44-48(35,36)46-49(37,38)45-47(33,34)39-16-23-25-26(43-24(42-25)13-19-9-5-4-6-10-19)28(41-23)31-15-21-14-22(40-27(21)30-29(31)32)20-11-7-8-18(3)12-20/h4-12,14-15,17,23-28H,13,16H2,1-3H3,(H,30,32)(H,33,34)(H,35,36)(H,37,38)/t23-,24?,25?,26+,27?,28-/m1/s1. The average molecular weight is 745 g/mol. The van der Waals surface area contributed by atoms with E-state index in [0.29, 0.717) is 17.8 Å². The number of hydrogen-bond donors (Lipinski definition) is 4. The van der Waals surface area contributed by atoms with Crippen LogP contribution in [0.15, 0.2) is 72.4 Å². The van der Waals surface area contributed by atoms with Crippen molar-refractivity contribution in [3.05, 3.63) is 89.1 Å². The van der Waals surface area contributed by atoms with Gasteiger partial charge in [0.25, 0.3) is 0 Å². The molecule has 266 valence electrons. The lowest BCUT2D eigenvalue weighted by Crippen LogP contribution is -2.54. The molecule has 0 radical (unpaired) electrons. The molecule has 6 unspecified atom stereocenters. The summed E-state index contributed by atoms with van der Waals surface area (Å²) in [6.45, 7) is 3.88. The molecule has 2 amide bonds. The van der Waals surface area contributed by atoms with Crippen molar-refractivity contribution in [2.75, 3.05) is 6.61 Å². The Hall–Kier alpha value is -2.72. The molecule has 4 aliphatic heterocycles. The molecule has 4 N–H and O–H groups in total. The molecule has 0 aliphatic carbocycles. The van der Waals surface area contributed by atoms with E-state index < -0.39 is 79.3 Å². The molecule has 2 aromatic carbocycles. The maximum Gasteiger partial charge on any atom is 0.490 e. The summed E-state index contributed by atoms with van der Waals surface area (Å²) in [4.78, 5) is 44.4. The zero-order chi connectivity index (χ0) is 35.1. The topological polar surface area (TPSA) is 218 Å². The van der Waals surface area contributed by atoms with Crippen LogP contribution in [0.2, 0.25) is 0 Å². The molecule has 6 rings (SSSR count). The minimum absolute atomic E-state index is 0.326. The van der Waals surface area contributed by atoms with Crippen molar-refractivity contribution in [3.63, 3.8) is 0 Å². The first kappa shape index (κ1) is 36.1. The zero-order valence-corrected chi connectivity index (χ0v) is 29.0. The van der Waals surface area contributed by atoms with Gasteiger partial charge in [0.2, 0.25) is 6.23 Å². The van der Waals surface area contributed by atoms with Gasteiger partial charge in [-0.3, -0.25) is 19.3 Å². The van der Waals surface area contributed by atoms with E-state index in [1.165, 1.54) is 18.7 Å². The van der Waals surface area contributed by atoms with Gasteiger partial charge in [-0.05, 0) is 38.5 Å². The van der Waals surface area contributed by atoms with Gasteiger partial charge in [0.15, 0.2) is 12.5 Å². The van der Waals surface area contributed by atoms with Gasteiger partial charge in [-0.25, -0.2) is 18.5 Å². The molecule has 0 saturated carbocycles. The maximum absolute atomic E-state index is 13.4. The molecule has 4 heterocycles. The van der Waals surface area contributed by atoms with Crippen molar-refractivity contribution in [1.82, 2.24) is 10.2 Å². The number of carbonyl (C=O) groups is 1. The van der Waals surface area contributed by atoms with Gasteiger partial charge in [-0.15, -0.1) is 0 Å². The van der Waals surface area contributed by atoms with E-state index in [9.17, 15) is 33.2 Å². The summed E-state index contributed by atoms with van der Waals surface area (Å²) >= 11 is 0. The Balaban J connectivity index is 1.19. The molecular formula is C29H35N2O15P3. The first-order chi connectivity index (χ1) is 23.1. The second kappa shape index (κ2) is 14.1. The molecule has 2 fully saturated rings. The summed E-state index contributed by atoms with van der Waals surface area (Å²) in [5.41, 5.74) is 3.36. The highest BCUT2D eigenvalue weighted by atomic mass is 31.3. The Bertz CT molecular complexity index is 1770. The number of phosphoric acid groups is 3. The molecule has 0 bridgehead atoms. The van der Waals surface area contributed by atoms with Crippen LogP contribution in [0.25, 0.3) is 5.76 Å². The van der Waals surface area contributed by atoms with Crippen molar-refractivity contribution in [3.8, 4) is 0 Å². The van der Waals surface area contributed by atoms with Crippen LogP contribution in [-0.4, -0.2) is 75.4 Å². The molecule has 0 spiro atoms. The Morgan fingerprint density at radius 1 is 0.918 bits per heavy atom. The predicted octanol–water partition coefficient (Wildman–Crippen LogP) is 4.46. The third-order valence-electron chi connectivity index (χ3n) is 7.51. The number of aryl methyl sites for hydroxylation is 1. The van der Waals surface area contributed by atoms with Crippen molar-refractivity contribution in [2.24, 2.45) is 0 Å². The Kier molecular flexibility index (Phi) is 10.4. The van der Waals surface area contributed by atoms with Crippen LogP contribution < -0.4 is 5.32 Å². The van der Waals surface area contributed by atoms with Gasteiger partial charge in [-0.2, -0.15) is 8.62 Å². The number of carbonyl (C=O) groups excluding carboxylic acids is 1. The minimum Gasteiger partial charge on any atom is -0.466 e. The number of urea groups is 1. The number of amides is 2. The highest BCUT2D eigenvalue weighted by Crippen LogP contribution is 2.68. The summed E-state index contributed by atoms with van der Waals surface area (Å²) in [6.07, 6.45) is -2.94. The van der Waals surface area contributed by atoms with E-state index in [1.807, 2.05) is 61.5 Å². The van der Waals surface area contributed by atoms with Gasteiger partial charge in [0, 0.05) is 23.8 Å². The van der Waals surface area contributed by atoms with E-state index in [4.69, 9.17) is 23.5 Å². The molecule has 4 aliphatic rings. The van der Waals surface area contributed by atoms with E-state index in [2.05, 4.69) is 18.5 Å². The molecule has 2 saturated heterocycles. The maximum atomic E-state index is 13.4. The third-order valence-corrected chi connectivity index (χ3v) is 12.0. The summed E-state index contributed by atoms with van der Waals surface area (Å²) in [7, 11) is -16.3. The minimum atomic E-state index is -5.67. The van der Waals surface area contributed by atoms with Crippen LogP contribution in [0.4, 0.5) is 4.79 Å².